The molecule has 1 heterocycles. The number of hydrogen-bond acceptors (Lipinski definition) is 3. The Labute approximate surface area is 102 Å². The molecule has 2 aromatic rings. The van der Waals surface area contributed by atoms with Crippen molar-refractivity contribution in [3.05, 3.63) is 47.5 Å². The Morgan fingerprint density at radius 1 is 1.24 bits per heavy atom. The van der Waals surface area contributed by atoms with Crippen LogP contribution >= 0.6 is 11.6 Å². The first-order chi connectivity index (χ1) is 8.06. The molecule has 0 aliphatic carbocycles. The number of pyridine rings is 1. The summed E-state index contributed by atoms with van der Waals surface area (Å²) >= 11 is 5.89. The van der Waals surface area contributed by atoms with Crippen molar-refractivity contribution < 1.29 is 13.8 Å². The molecule has 0 saturated heterocycles. The summed E-state index contributed by atoms with van der Waals surface area (Å²) in [5.74, 6) is 5.27. The summed E-state index contributed by atoms with van der Waals surface area (Å²) in [5, 5.41) is 0.284. The lowest BCUT2D eigenvalue weighted by atomic mass is 10.3. The molecule has 0 aliphatic heterocycles. The van der Waals surface area contributed by atoms with Gasteiger partial charge in [0.25, 0.3) is 0 Å². The summed E-state index contributed by atoms with van der Waals surface area (Å²) in [4.78, 5) is 0. The van der Waals surface area contributed by atoms with Crippen LogP contribution < -0.4 is 21.0 Å². The van der Waals surface area contributed by atoms with Crippen molar-refractivity contribution in [1.29, 1.82) is 0 Å². The van der Waals surface area contributed by atoms with Crippen molar-refractivity contribution in [3.8, 4) is 11.5 Å². The van der Waals surface area contributed by atoms with Crippen molar-refractivity contribution in [2.75, 3.05) is 11.6 Å². The summed E-state index contributed by atoms with van der Waals surface area (Å²) < 4.78 is 20.1. The molecule has 1 aromatic carbocycles. The third kappa shape index (κ3) is 2.57. The van der Waals surface area contributed by atoms with Crippen molar-refractivity contribution >= 4 is 17.3 Å². The van der Waals surface area contributed by atoms with E-state index in [-0.39, 0.29) is 10.8 Å². The van der Waals surface area contributed by atoms with Gasteiger partial charge in [-0.1, -0.05) is 16.3 Å². The number of nitrogens with zero attached hydrogens (tertiary/aromatic N) is 1. The van der Waals surface area contributed by atoms with Crippen LogP contribution in [0.4, 0.5) is 10.1 Å². The maximum Gasteiger partial charge on any atom is 0.221 e. The Balaban J connectivity index is 2.31. The van der Waals surface area contributed by atoms with E-state index in [1.54, 1.807) is 6.07 Å². The van der Waals surface area contributed by atoms with E-state index in [2.05, 4.69) is 0 Å². The standard InChI is InChI=1S/C11H10ClFN3O/c12-8-6-16(15)4-3-10(8)17-11-2-1-7(14)5-9(11)13/h1-6H,14-15H2/q+1. The van der Waals surface area contributed by atoms with E-state index >= 15 is 0 Å². The van der Waals surface area contributed by atoms with Crippen LogP contribution in [-0.2, 0) is 0 Å². The molecule has 0 saturated carbocycles. The molecule has 0 unspecified atom stereocenters. The lowest BCUT2D eigenvalue weighted by Crippen LogP contribution is -2.43. The fourth-order valence-corrected chi connectivity index (χ4v) is 1.49. The molecule has 1 aromatic heterocycles. The maximum atomic E-state index is 13.5. The molecule has 0 fully saturated rings. The van der Waals surface area contributed by atoms with Gasteiger partial charge in [0.15, 0.2) is 17.3 Å². The van der Waals surface area contributed by atoms with E-state index in [0.717, 1.165) is 0 Å². The van der Waals surface area contributed by atoms with Gasteiger partial charge in [0.1, 0.15) is 5.02 Å². The minimum atomic E-state index is -0.550. The molecule has 0 aliphatic rings. The van der Waals surface area contributed by atoms with Gasteiger partial charge in [-0.05, 0) is 12.1 Å². The third-order valence-electron chi connectivity index (χ3n) is 2.07. The topological polar surface area (TPSA) is 65.2 Å². The summed E-state index contributed by atoms with van der Waals surface area (Å²) in [6.07, 6.45) is 2.99. The summed E-state index contributed by atoms with van der Waals surface area (Å²) in [6.45, 7) is 0. The number of nitrogen functional groups attached to an aromatic ring is 2. The molecule has 0 radical (unpaired) electrons. The molecule has 4 N–H and O–H groups in total. The smallest absolute Gasteiger partial charge is 0.221 e. The minimum Gasteiger partial charge on any atom is -0.452 e. The van der Waals surface area contributed by atoms with Gasteiger partial charge in [-0.15, -0.1) is 0 Å². The van der Waals surface area contributed by atoms with Crippen LogP contribution in [0.1, 0.15) is 0 Å². The van der Waals surface area contributed by atoms with Crippen LogP contribution in [0.25, 0.3) is 0 Å². The third-order valence-corrected chi connectivity index (χ3v) is 2.36. The highest BCUT2D eigenvalue weighted by Crippen LogP contribution is 2.29. The zero-order chi connectivity index (χ0) is 12.4. The second-order valence-corrected chi connectivity index (χ2v) is 3.80. The van der Waals surface area contributed by atoms with Gasteiger partial charge < -0.3 is 10.5 Å². The van der Waals surface area contributed by atoms with E-state index in [1.165, 1.54) is 35.3 Å². The lowest BCUT2D eigenvalue weighted by Gasteiger charge is -2.07. The number of anilines is 1. The molecule has 88 valence electrons. The van der Waals surface area contributed by atoms with Crippen molar-refractivity contribution in [1.82, 2.24) is 0 Å². The second-order valence-electron chi connectivity index (χ2n) is 3.40. The largest absolute Gasteiger partial charge is 0.452 e. The van der Waals surface area contributed by atoms with E-state index < -0.39 is 5.82 Å². The molecular weight excluding hydrogens is 245 g/mol. The van der Waals surface area contributed by atoms with Gasteiger partial charge in [-0.2, -0.15) is 0 Å². The number of hydrogen-bond donors (Lipinski definition) is 2. The van der Waals surface area contributed by atoms with Crippen LogP contribution in [0, 0.1) is 5.82 Å². The first kappa shape index (κ1) is 11.5. The van der Waals surface area contributed by atoms with Crippen LogP contribution in [0.3, 0.4) is 0 Å². The quantitative estimate of drug-likeness (QED) is 0.488. The first-order valence-corrected chi connectivity index (χ1v) is 5.13. The van der Waals surface area contributed by atoms with Gasteiger partial charge in [0, 0.05) is 17.8 Å². The maximum absolute atomic E-state index is 13.5. The van der Waals surface area contributed by atoms with E-state index in [1.807, 2.05) is 0 Å². The average molecular weight is 255 g/mol. The molecule has 6 heteroatoms. The molecular formula is C11H10ClFN3O+. The van der Waals surface area contributed by atoms with E-state index in [0.29, 0.717) is 11.4 Å². The summed E-state index contributed by atoms with van der Waals surface area (Å²) in [5.41, 5.74) is 5.76. The Morgan fingerprint density at radius 3 is 2.65 bits per heavy atom. The van der Waals surface area contributed by atoms with Crippen LogP contribution in [0.2, 0.25) is 5.02 Å². The van der Waals surface area contributed by atoms with Crippen molar-refractivity contribution in [3.63, 3.8) is 0 Å². The molecule has 0 spiro atoms. The average Bonchev–Trinajstić information content (AvgIpc) is 2.25. The normalized spacial score (nSPS) is 10.2. The van der Waals surface area contributed by atoms with Gasteiger partial charge >= 0.3 is 0 Å². The first-order valence-electron chi connectivity index (χ1n) is 4.75. The SMILES string of the molecule is Nc1ccc(Oc2cc[n+](N)cc2Cl)c(F)c1. The number of rotatable bonds is 2. The monoisotopic (exact) mass is 254 g/mol. The molecule has 4 nitrogen and oxygen atoms in total. The second kappa shape index (κ2) is 4.47. The highest BCUT2D eigenvalue weighted by Gasteiger charge is 2.10. The number of nitrogens with two attached hydrogens (primary N) is 2. The van der Waals surface area contributed by atoms with E-state index in [9.17, 15) is 4.39 Å². The van der Waals surface area contributed by atoms with Crippen LogP contribution in [0.15, 0.2) is 36.7 Å². The van der Waals surface area contributed by atoms with Crippen molar-refractivity contribution in [2.45, 2.75) is 0 Å². The van der Waals surface area contributed by atoms with Crippen molar-refractivity contribution in [2.24, 2.45) is 0 Å². The Morgan fingerprint density at radius 2 is 2.00 bits per heavy atom. The molecule has 0 amide bonds. The zero-order valence-corrected chi connectivity index (χ0v) is 9.49. The Hall–Kier alpha value is -2.01. The number of ether oxygens (including phenoxy) is 1. The molecule has 2 rings (SSSR count). The fourth-order valence-electron chi connectivity index (χ4n) is 1.27. The number of benzene rings is 1. The Kier molecular flexibility index (Phi) is 3.01. The van der Waals surface area contributed by atoms with Gasteiger partial charge in [-0.25, -0.2) is 10.2 Å². The predicted molar refractivity (Wildman–Crippen MR) is 62.7 cm³/mol. The Bertz CT molecular complexity index is 513. The van der Waals surface area contributed by atoms with Crippen LogP contribution in [0.5, 0.6) is 11.5 Å². The fraction of sp³-hybridized carbons (Fsp3) is 0. The molecule has 0 atom stereocenters. The minimum absolute atomic E-state index is 0.0517. The molecule has 17 heavy (non-hydrogen) atoms. The zero-order valence-electron chi connectivity index (χ0n) is 8.73. The number of halogens is 2. The summed E-state index contributed by atoms with van der Waals surface area (Å²) in [6, 6.07) is 5.69. The van der Waals surface area contributed by atoms with Gasteiger partial charge in [0.05, 0.1) is 0 Å². The highest BCUT2D eigenvalue weighted by molar-refractivity contribution is 6.31. The van der Waals surface area contributed by atoms with Gasteiger partial charge in [-0.3, -0.25) is 0 Å². The lowest BCUT2D eigenvalue weighted by molar-refractivity contribution is -0.638. The predicted octanol–water partition coefficient (Wildman–Crippen LogP) is 1.85. The van der Waals surface area contributed by atoms with Gasteiger partial charge in [0.2, 0.25) is 12.4 Å². The summed E-state index contributed by atoms with van der Waals surface area (Å²) in [7, 11) is 0. The van der Waals surface area contributed by atoms with E-state index in [4.69, 9.17) is 27.9 Å². The molecule has 0 bridgehead atoms. The van der Waals surface area contributed by atoms with Crippen LogP contribution in [-0.4, -0.2) is 0 Å². The number of aromatic nitrogens is 1. The highest BCUT2D eigenvalue weighted by atomic mass is 35.5.